The fourth-order valence-electron chi connectivity index (χ4n) is 2.64. The summed E-state index contributed by atoms with van der Waals surface area (Å²) < 4.78 is 28.3. The highest BCUT2D eigenvalue weighted by Gasteiger charge is 2.21. The van der Waals surface area contributed by atoms with E-state index in [-0.39, 0.29) is 28.8 Å². The van der Waals surface area contributed by atoms with Crippen molar-refractivity contribution in [2.24, 2.45) is 5.14 Å². The molecule has 0 heterocycles. The normalized spacial score (nSPS) is 12.7. The molecule has 9 heteroatoms. The number of hydrogen-bond acceptors (Lipinski definition) is 5. The van der Waals surface area contributed by atoms with Gasteiger partial charge in [0.05, 0.1) is 23.6 Å². The molecule has 0 spiro atoms. The van der Waals surface area contributed by atoms with Gasteiger partial charge in [-0.1, -0.05) is 29.8 Å². The maximum absolute atomic E-state index is 12.7. The molecule has 1 unspecified atom stereocenters. The number of carbonyl (C=O) groups is 1. The lowest BCUT2D eigenvalue weighted by atomic mass is 10.1. The van der Waals surface area contributed by atoms with E-state index in [1.54, 1.807) is 6.07 Å². The van der Waals surface area contributed by atoms with Crippen LogP contribution in [0.25, 0.3) is 0 Å². The fourth-order valence-corrected chi connectivity index (χ4v) is 3.44. The maximum Gasteiger partial charge on any atom is 0.255 e. The number of rotatable bonds is 7. The fraction of sp³-hybridized carbons (Fsp3) is 0.278. The molecule has 2 aromatic rings. The van der Waals surface area contributed by atoms with Gasteiger partial charge in [0, 0.05) is 11.6 Å². The van der Waals surface area contributed by atoms with E-state index in [1.807, 2.05) is 37.2 Å². The number of ether oxygens (including phenoxy) is 1. The summed E-state index contributed by atoms with van der Waals surface area (Å²) in [5.41, 5.74) is 0.954. The molecule has 0 aliphatic carbocycles. The van der Waals surface area contributed by atoms with Gasteiger partial charge >= 0.3 is 0 Å². The number of nitrogens with two attached hydrogens (primary N) is 1. The Morgan fingerprint density at radius 1 is 1.26 bits per heavy atom. The zero-order valence-corrected chi connectivity index (χ0v) is 16.8. The van der Waals surface area contributed by atoms with E-state index in [0.717, 1.165) is 5.56 Å². The minimum Gasteiger partial charge on any atom is -0.496 e. The summed E-state index contributed by atoms with van der Waals surface area (Å²) in [7, 11) is 1.21. The maximum atomic E-state index is 12.7. The van der Waals surface area contributed by atoms with Crippen LogP contribution in [0.4, 0.5) is 0 Å². The Kier molecular flexibility index (Phi) is 6.83. The minimum absolute atomic E-state index is 0.0840. The van der Waals surface area contributed by atoms with Gasteiger partial charge in [-0.15, -0.1) is 0 Å². The van der Waals surface area contributed by atoms with Crippen molar-refractivity contribution in [3.63, 3.8) is 0 Å². The molecule has 0 saturated heterocycles. The van der Waals surface area contributed by atoms with Crippen LogP contribution in [0.1, 0.15) is 22.0 Å². The zero-order valence-electron chi connectivity index (χ0n) is 15.3. The molecule has 1 atom stereocenters. The molecule has 0 bridgehead atoms. The summed E-state index contributed by atoms with van der Waals surface area (Å²) in [6, 6.07) is 11.1. The Morgan fingerprint density at radius 3 is 2.48 bits per heavy atom. The molecule has 0 aromatic heterocycles. The van der Waals surface area contributed by atoms with E-state index < -0.39 is 15.9 Å². The lowest BCUT2D eigenvalue weighted by Gasteiger charge is -2.26. The van der Waals surface area contributed by atoms with Crippen LogP contribution in [0.5, 0.6) is 5.75 Å². The van der Waals surface area contributed by atoms with Crippen molar-refractivity contribution in [3.8, 4) is 5.75 Å². The van der Waals surface area contributed by atoms with Gasteiger partial charge in [0.2, 0.25) is 10.0 Å². The SMILES string of the molecule is COc1ccc(S(N)(=O)=O)cc1C(=O)NCC(c1ccccc1Cl)N(C)C. The van der Waals surface area contributed by atoms with E-state index >= 15 is 0 Å². The summed E-state index contributed by atoms with van der Waals surface area (Å²) in [5, 5.41) is 8.55. The highest BCUT2D eigenvalue weighted by Crippen LogP contribution is 2.26. The number of hydrogen-bond donors (Lipinski definition) is 2. The highest BCUT2D eigenvalue weighted by molar-refractivity contribution is 7.89. The molecule has 2 rings (SSSR count). The number of carbonyl (C=O) groups excluding carboxylic acids is 1. The topological polar surface area (TPSA) is 102 Å². The van der Waals surface area contributed by atoms with Gasteiger partial charge in [-0.05, 0) is 43.9 Å². The van der Waals surface area contributed by atoms with Gasteiger partial charge in [-0.25, -0.2) is 13.6 Å². The predicted molar refractivity (Wildman–Crippen MR) is 105 cm³/mol. The number of primary sulfonamides is 1. The number of halogens is 1. The third-order valence-corrected chi connectivity index (χ3v) is 5.34. The summed E-state index contributed by atoms with van der Waals surface area (Å²) in [5.74, 6) is -0.227. The Morgan fingerprint density at radius 2 is 1.93 bits per heavy atom. The molecule has 0 radical (unpaired) electrons. The number of benzene rings is 2. The summed E-state index contributed by atoms with van der Waals surface area (Å²) in [4.78, 5) is 14.4. The number of nitrogens with one attached hydrogen (secondary N) is 1. The van der Waals surface area contributed by atoms with Crippen LogP contribution in [-0.2, 0) is 10.0 Å². The second-order valence-electron chi connectivity index (χ2n) is 6.12. The van der Waals surface area contributed by atoms with Gasteiger partial charge < -0.3 is 15.0 Å². The number of likely N-dealkylation sites (N-methyl/N-ethyl adjacent to an activating group) is 1. The molecule has 146 valence electrons. The van der Waals surface area contributed by atoms with Crippen molar-refractivity contribution in [3.05, 3.63) is 58.6 Å². The molecule has 27 heavy (non-hydrogen) atoms. The van der Waals surface area contributed by atoms with E-state index in [4.69, 9.17) is 21.5 Å². The second-order valence-corrected chi connectivity index (χ2v) is 8.09. The molecular weight excluding hydrogens is 390 g/mol. The Hall–Kier alpha value is -2.13. The minimum atomic E-state index is -3.94. The first kappa shape index (κ1) is 21.2. The largest absolute Gasteiger partial charge is 0.496 e. The lowest BCUT2D eigenvalue weighted by Crippen LogP contribution is -2.35. The van der Waals surface area contributed by atoms with Gasteiger partial charge in [0.25, 0.3) is 5.91 Å². The number of amides is 1. The first-order valence-corrected chi connectivity index (χ1v) is 9.97. The Labute approximate surface area is 164 Å². The standard InChI is InChI=1S/C18H22ClN3O4S/c1-22(2)16(13-6-4-5-7-15(13)19)11-21-18(23)14-10-12(27(20,24)25)8-9-17(14)26-3/h4-10,16H,11H2,1-3H3,(H,21,23)(H2,20,24,25). The van der Waals surface area contributed by atoms with Crippen LogP contribution < -0.4 is 15.2 Å². The van der Waals surface area contributed by atoms with E-state index in [1.165, 1.54) is 25.3 Å². The number of nitrogens with zero attached hydrogens (tertiary/aromatic N) is 1. The van der Waals surface area contributed by atoms with E-state index in [2.05, 4.69) is 5.32 Å². The van der Waals surface area contributed by atoms with Crippen molar-refractivity contribution in [2.75, 3.05) is 27.7 Å². The molecule has 3 N–H and O–H groups in total. The Bertz CT molecular complexity index is 932. The first-order valence-electron chi connectivity index (χ1n) is 8.05. The first-order chi connectivity index (χ1) is 12.6. The van der Waals surface area contributed by atoms with E-state index in [0.29, 0.717) is 5.02 Å². The van der Waals surface area contributed by atoms with Crippen molar-refractivity contribution in [2.45, 2.75) is 10.9 Å². The average Bonchev–Trinajstić information content (AvgIpc) is 2.61. The van der Waals surface area contributed by atoms with Crippen molar-refractivity contribution >= 4 is 27.5 Å². The monoisotopic (exact) mass is 411 g/mol. The van der Waals surface area contributed by atoms with Crippen LogP contribution in [-0.4, -0.2) is 47.0 Å². The highest BCUT2D eigenvalue weighted by atomic mass is 35.5. The summed E-state index contributed by atoms with van der Waals surface area (Å²) >= 11 is 6.27. The number of methoxy groups -OCH3 is 1. The molecule has 0 aliphatic rings. The van der Waals surface area contributed by atoms with Gasteiger partial charge in [-0.3, -0.25) is 4.79 Å². The van der Waals surface area contributed by atoms with E-state index in [9.17, 15) is 13.2 Å². The lowest BCUT2D eigenvalue weighted by molar-refractivity contribution is 0.0938. The second kappa shape index (κ2) is 8.71. The van der Waals surface area contributed by atoms with Crippen LogP contribution in [0.2, 0.25) is 5.02 Å². The van der Waals surface area contributed by atoms with Gasteiger partial charge in [-0.2, -0.15) is 0 Å². The molecular formula is C18H22ClN3O4S. The molecule has 0 saturated carbocycles. The predicted octanol–water partition coefficient (Wildman–Crippen LogP) is 2.03. The molecule has 0 aliphatic heterocycles. The molecule has 1 amide bonds. The number of sulfonamides is 1. The van der Waals surface area contributed by atoms with Gasteiger partial charge in [0.15, 0.2) is 0 Å². The van der Waals surface area contributed by atoms with Crippen molar-refractivity contribution in [1.29, 1.82) is 0 Å². The van der Waals surface area contributed by atoms with Crippen molar-refractivity contribution in [1.82, 2.24) is 10.2 Å². The summed E-state index contributed by atoms with van der Waals surface area (Å²) in [6.45, 7) is 0.262. The zero-order chi connectivity index (χ0) is 20.2. The smallest absolute Gasteiger partial charge is 0.255 e. The molecule has 7 nitrogen and oxygen atoms in total. The van der Waals surface area contributed by atoms with Crippen LogP contribution >= 0.6 is 11.6 Å². The molecule has 0 fully saturated rings. The van der Waals surface area contributed by atoms with Crippen LogP contribution in [0.3, 0.4) is 0 Å². The molecule has 2 aromatic carbocycles. The average molecular weight is 412 g/mol. The third kappa shape index (κ3) is 5.20. The van der Waals surface area contributed by atoms with Crippen LogP contribution in [0.15, 0.2) is 47.4 Å². The Balaban J connectivity index is 2.27. The third-order valence-electron chi connectivity index (χ3n) is 4.09. The summed E-state index contributed by atoms with van der Waals surface area (Å²) in [6.07, 6.45) is 0. The van der Waals surface area contributed by atoms with Crippen molar-refractivity contribution < 1.29 is 17.9 Å². The quantitative estimate of drug-likeness (QED) is 0.725. The van der Waals surface area contributed by atoms with Crippen LogP contribution in [0, 0.1) is 0 Å². The van der Waals surface area contributed by atoms with Gasteiger partial charge in [0.1, 0.15) is 5.75 Å².